The van der Waals surface area contributed by atoms with Crippen molar-refractivity contribution in [1.82, 2.24) is 9.97 Å². The molecule has 0 aliphatic heterocycles. The molecule has 1 aromatic heterocycles. The van der Waals surface area contributed by atoms with Crippen molar-refractivity contribution >= 4 is 44.9 Å². The SMILES string of the molecule is N#C/C(=N\Nc1ccc(Sc2ncc(Br)cn2)cc1)C(=N)N. The van der Waals surface area contributed by atoms with Crippen LogP contribution in [0.4, 0.5) is 5.69 Å². The number of hydrogen-bond donors (Lipinski definition) is 3. The van der Waals surface area contributed by atoms with Crippen molar-refractivity contribution in [2.24, 2.45) is 10.8 Å². The third-order valence-corrected chi connectivity index (χ3v) is 3.63. The fourth-order valence-corrected chi connectivity index (χ4v) is 2.22. The van der Waals surface area contributed by atoms with Gasteiger partial charge < -0.3 is 5.73 Å². The largest absolute Gasteiger partial charge is 0.382 e. The fourth-order valence-electron chi connectivity index (χ4n) is 1.32. The van der Waals surface area contributed by atoms with E-state index in [1.54, 1.807) is 30.6 Å². The maximum absolute atomic E-state index is 8.74. The first-order valence-corrected chi connectivity index (χ1v) is 7.53. The maximum atomic E-state index is 8.74. The zero-order valence-corrected chi connectivity index (χ0v) is 13.5. The molecule has 7 nitrogen and oxygen atoms in total. The highest BCUT2D eigenvalue weighted by molar-refractivity contribution is 9.10. The highest BCUT2D eigenvalue weighted by atomic mass is 79.9. The lowest BCUT2D eigenvalue weighted by molar-refractivity contribution is 0.958. The Hall–Kier alpha value is -2.44. The average molecular weight is 376 g/mol. The number of benzene rings is 1. The van der Waals surface area contributed by atoms with E-state index < -0.39 is 0 Å². The van der Waals surface area contributed by atoms with Gasteiger partial charge in [0.15, 0.2) is 11.0 Å². The van der Waals surface area contributed by atoms with Crippen LogP contribution in [0.5, 0.6) is 0 Å². The molecule has 0 amide bonds. The predicted molar refractivity (Wildman–Crippen MR) is 88.9 cm³/mol. The standard InChI is InChI=1S/C13H10BrN7S/c14-8-6-18-13(19-7-8)22-10-3-1-9(2-4-10)20-21-11(5-15)12(16)17/h1-4,6-7,20H,(H3,16,17)/b21-11+. The van der Waals surface area contributed by atoms with Crippen LogP contribution in [0.3, 0.4) is 0 Å². The first kappa shape index (κ1) is 15.9. The number of anilines is 1. The number of halogens is 1. The number of nitrogens with one attached hydrogen (secondary N) is 2. The Kier molecular flexibility index (Phi) is 5.46. The van der Waals surface area contributed by atoms with Gasteiger partial charge in [-0.2, -0.15) is 10.4 Å². The van der Waals surface area contributed by atoms with Crippen LogP contribution in [-0.2, 0) is 0 Å². The summed E-state index contributed by atoms with van der Waals surface area (Å²) in [4.78, 5) is 9.32. The molecule has 0 bridgehead atoms. The van der Waals surface area contributed by atoms with Gasteiger partial charge in [0, 0.05) is 17.3 Å². The number of amidine groups is 1. The van der Waals surface area contributed by atoms with Crippen LogP contribution in [0.1, 0.15) is 0 Å². The molecule has 0 fully saturated rings. The van der Waals surface area contributed by atoms with E-state index in [-0.39, 0.29) is 11.5 Å². The minimum Gasteiger partial charge on any atom is -0.382 e. The van der Waals surface area contributed by atoms with Crippen LogP contribution in [0, 0.1) is 16.7 Å². The first-order valence-electron chi connectivity index (χ1n) is 5.92. The third-order valence-electron chi connectivity index (χ3n) is 2.32. The van der Waals surface area contributed by atoms with E-state index in [0.29, 0.717) is 10.8 Å². The van der Waals surface area contributed by atoms with Crippen LogP contribution < -0.4 is 11.2 Å². The van der Waals surface area contributed by atoms with Gasteiger partial charge in [-0.1, -0.05) is 0 Å². The van der Waals surface area contributed by atoms with Gasteiger partial charge in [-0.25, -0.2) is 9.97 Å². The molecule has 2 rings (SSSR count). The molecule has 0 radical (unpaired) electrons. The molecular weight excluding hydrogens is 366 g/mol. The third kappa shape index (κ3) is 4.54. The number of aromatic nitrogens is 2. The number of hydrogen-bond acceptors (Lipinski definition) is 7. The molecule has 0 saturated carbocycles. The minimum absolute atomic E-state index is 0.165. The number of nitrogens with two attached hydrogens (primary N) is 1. The number of rotatable bonds is 5. The number of nitrogens with zero attached hydrogens (tertiary/aromatic N) is 4. The smallest absolute Gasteiger partial charge is 0.201 e. The molecule has 22 heavy (non-hydrogen) atoms. The molecule has 0 saturated heterocycles. The van der Waals surface area contributed by atoms with Crippen LogP contribution in [-0.4, -0.2) is 21.5 Å². The van der Waals surface area contributed by atoms with Crippen LogP contribution in [0.25, 0.3) is 0 Å². The van der Waals surface area contributed by atoms with Gasteiger partial charge in [0.1, 0.15) is 6.07 Å². The van der Waals surface area contributed by atoms with Crippen molar-refractivity contribution in [3.05, 3.63) is 41.1 Å². The van der Waals surface area contributed by atoms with Crippen molar-refractivity contribution in [3.63, 3.8) is 0 Å². The van der Waals surface area contributed by atoms with Gasteiger partial charge >= 0.3 is 0 Å². The van der Waals surface area contributed by atoms with Gasteiger partial charge in [0.25, 0.3) is 0 Å². The maximum Gasteiger partial charge on any atom is 0.201 e. The Morgan fingerprint density at radius 3 is 2.50 bits per heavy atom. The Morgan fingerprint density at radius 1 is 1.32 bits per heavy atom. The molecule has 110 valence electrons. The second kappa shape index (κ2) is 7.53. The Balaban J connectivity index is 2.03. The van der Waals surface area contributed by atoms with Gasteiger partial charge in [-0.15, -0.1) is 0 Å². The minimum atomic E-state index is -0.380. The summed E-state index contributed by atoms with van der Waals surface area (Å²) < 4.78 is 0.827. The molecule has 0 unspecified atom stereocenters. The summed E-state index contributed by atoms with van der Waals surface area (Å²) >= 11 is 4.71. The molecule has 2 aromatic rings. The van der Waals surface area contributed by atoms with E-state index in [0.717, 1.165) is 9.37 Å². The highest BCUT2D eigenvalue weighted by Gasteiger charge is 2.02. The summed E-state index contributed by atoms with van der Waals surface area (Å²) in [5.41, 5.74) is 8.39. The molecule has 1 aromatic carbocycles. The van der Waals surface area contributed by atoms with Gasteiger partial charge in [-0.3, -0.25) is 10.8 Å². The Bertz CT molecular complexity index is 734. The van der Waals surface area contributed by atoms with Crippen molar-refractivity contribution < 1.29 is 0 Å². The summed E-state index contributed by atoms with van der Waals surface area (Å²) in [5.74, 6) is -0.380. The molecule has 0 aliphatic rings. The second-order valence-corrected chi connectivity index (χ2v) is 5.86. The fraction of sp³-hybridized carbons (Fsp3) is 0. The zero-order valence-electron chi connectivity index (χ0n) is 11.1. The lowest BCUT2D eigenvalue weighted by atomic mass is 10.3. The van der Waals surface area contributed by atoms with E-state index >= 15 is 0 Å². The average Bonchev–Trinajstić information content (AvgIpc) is 2.51. The van der Waals surface area contributed by atoms with Crippen molar-refractivity contribution in [3.8, 4) is 6.07 Å². The van der Waals surface area contributed by atoms with E-state index in [9.17, 15) is 0 Å². The predicted octanol–water partition coefficient (Wildman–Crippen LogP) is 2.62. The Morgan fingerprint density at radius 2 is 1.95 bits per heavy atom. The molecule has 0 spiro atoms. The lowest BCUT2D eigenvalue weighted by Gasteiger charge is -2.03. The van der Waals surface area contributed by atoms with E-state index in [1.807, 2.05) is 12.1 Å². The van der Waals surface area contributed by atoms with Gasteiger partial charge in [0.2, 0.25) is 5.71 Å². The van der Waals surface area contributed by atoms with Gasteiger partial charge in [0.05, 0.1) is 10.2 Å². The highest BCUT2D eigenvalue weighted by Crippen LogP contribution is 2.25. The summed E-state index contributed by atoms with van der Waals surface area (Å²) in [6.45, 7) is 0. The van der Waals surface area contributed by atoms with Crippen LogP contribution >= 0.6 is 27.7 Å². The molecule has 0 aliphatic carbocycles. The molecular formula is C13H10BrN7S. The van der Waals surface area contributed by atoms with E-state index in [1.165, 1.54) is 11.8 Å². The van der Waals surface area contributed by atoms with Crippen molar-refractivity contribution in [2.75, 3.05) is 5.43 Å². The summed E-state index contributed by atoms with van der Waals surface area (Å²) in [6, 6.07) is 9.05. The molecule has 1 heterocycles. The van der Waals surface area contributed by atoms with E-state index in [2.05, 4.69) is 36.4 Å². The molecule has 4 N–H and O–H groups in total. The first-order chi connectivity index (χ1) is 10.6. The lowest BCUT2D eigenvalue weighted by Crippen LogP contribution is -2.21. The zero-order chi connectivity index (χ0) is 15.9. The van der Waals surface area contributed by atoms with Crippen molar-refractivity contribution in [1.29, 1.82) is 10.7 Å². The Labute approximate surface area is 139 Å². The van der Waals surface area contributed by atoms with Crippen LogP contribution in [0.2, 0.25) is 0 Å². The number of nitriles is 1. The summed E-state index contributed by atoms with van der Waals surface area (Å²) in [7, 11) is 0. The molecule has 9 heteroatoms. The van der Waals surface area contributed by atoms with Crippen LogP contribution in [0.15, 0.2) is 56.3 Å². The summed E-state index contributed by atoms with van der Waals surface area (Å²) in [5, 5.41) is 20.3. The normalized spacial score (nSPS) is 10.8. The number of hydrazone groups is 1. The monoisotopic (exact) mass is 375 g/mol. The molecule has 0 atom stereocenters. The quantitative estimate of drug-likeness (QED) is 0.319. The topological polar surface area (TPSA) is 124 Å². The van der Waals surface area contributed by atoms with Gasteiger partial charge in [-0.05, 0) is 52.0 Å². The summed E-state index contributed by atoms with van der Waals surface area (Å²) in [6.07, 6.45) is 3.37. The van der Waals surface area contributed by atoms with E-state index in [4.69, 9.17) is 16.4 Å². The van der Waals surface area contributed by atoms with Crippen molar-refractivity contribution in [2.45, 2.75) is 10.1 Å². The second-order valence-electron chi connectivity index (χ2n) is 3.91.